The van der Waals surface area contributed by atoms with Crippen molar-refractivity contribution in [2.75, 3.05) is 18.9 Å². The molecule has 112 valence electrons. The number of carbonyl (C=O) groups is 2. The normalized spacial score (nSPS) is 14.0. The summed E-state index contributed by atoms with van der Waals surface area (Å²) in [5.74, 6) is 0.762. The van der Waals surface area contributed by atoms with Gasteiger partial charge in [0.2, 0.25) is 5.91 Å². The molecule has 0 rings (SSSR count). The maximum atomic E-state index is 11.7. The summed E-state index contributed by atoms with van der Waals surface area (Å²) in [6.45, 7) is 8.74. The lowest BCUT2D eigenvalue weighted by Gasteiger charge is -2.14. The fourth-order valence-electron chi connectivity index (χ4n) is 1.26. The zero-order valence-electron chi connectivity index (χ0n) is 12.3. The van der Waals surface area contributed by atoms with Gasteiger partial charge < -0.3 is 15.8 Å². The van der Waals surface area contributed by atoms with Crippen LogP contribution in [0.5, 0.6) is 0 Å². The summed E-state index contributed by atoms with van der Waals surface area (Å²) in [6.07, 6.45) is 0.519. The lowest BCUT2D eigenvalue weighted by atomic mass is 10.2. The van der Waals surface area contributed by atoms with Crippen molar-refractivity contribution in [3.63, 3.8) is 0 Å². The average molecular weight is 290 g/mol. The Morgan fingerprint density at radius 1 is 1.32 bits per heavy atom. The molecule has 1 amide bonds. The summed E-state index contributed by atoms with van der Waals surface area (Å²) in [6, 6.07) is -0.599. The number of hydrogen-bond donors (Lipinski definition) is 2. The molecule has 0 aliphatic rings. The molecule has 6 heteroatoms. The SMILES string of the molecule is CCOC(=O)C(N)CCSC(C)C(=O)NCC(C)C. The van der Waals surface area contributed by atoms with E-state index in [1.165, 1.54) is 11.8 Å². The molecule has 0 aromatic rings. The molecule has 0 heterocycles. The van der Waals surface area contributed by atoms with Crippen molar-refractivity contribution >= 4 is 23.6 Å². The van der Waals surface area contributed by atoms with Gasteiger partial charge in [0.1, 0.15) is 6.04 Å². The Morgan fingerprint density at radius 2 is 1.95 bits per heavy atom. The van der Waals surface area contributed by atoms with E-state index in [1.807, 2.05) is 6.92 Å². The van der Waals surface area contributed by atoms with Crippen LogP contribution in [0.4, 0.5) is 0 Å². The highest BCUT2D eigenvalue weighted by Gasteiger charge is 2.17. The van der Waals surface area contributed by atoms with Crippen LogP contribution in [0.2, 0.25) is 0 Å². The topological polar surface area (TPSA) is 81.4 Å². The van der Waals surface area contributed by atoms with E-state index in [2.05, 4.69) is 19.2 Å². The summed E-state index contributed by atoms with van der Waals surface area (Å²) < 4.78 is 4.82. The Hall–Kier alpha value is -0.750. The van der Waals surface area contributed by atoms with Crippen LogP contribution >= 0.6 is 11.8 Å². The quantitative estimate of drug-likeness (QED) is 0.623. The van der Waals surface area contributed by atoms with Gasteiger partial charge in [-0.15, -0.1) is 11.8 Å². The van der Waals surface area contributed by atoms with Crippen LogP contribution in [0.15, 0.2) is 0 Å². The highest BCUT2D eigenvalue weighted by atomic mass is 32.2. The largest absolute Gasteiger partial charge is 0.465 e. The Balaban J connectivity index is 3.81. The summed E-state index contributed by atoms with van der Waals surface area (Å²) in [4.78, 5) is 23.0. The number of rotatable bonds is 9. The first kappa shape index (κ1) is 18.2. The highest BCUT2D eigenvalue weighted by Crippen LogP contribution is 2.13. The van der Waals surface area contributed by atoms with Gasteiger partial charge in [-0.3, -0.25) is 9.59 Å². The second kappa shape index (κ2) is 10.1. The molecule has 5 nitrogen and oxygen atoms in total. The molecule has 3 N–H and O–H groups in total. The van der Waals surface area contributed by atoms with Crippen LogP contribution < -0.4 is 11.1 Å². The number of thioether (sulfide) groups is 1. The van der Waals surface area contributed by atoms with Crippen LogP contribution in [0, 0.1) is 5.92 Å². The van der Waals surface area contributed by atoms with Crippen molar-refractivity contribution in [2.45, 2.75) is 45.4 Å². The minimum Gasteiger partial charge on any atom is -0.465 e. The number of ether oxygens (including phenoxy) is 1. The van der Waals surface area contributed by atoms with Crippen molar-refractivity contribution in [3.05, 3.63) is 0 Å². The minimum atomic E-state index is -0.599. The lowest BCUT2D eigenvalue weighted by Crippen LogP contribution is -2.35. The summed E-state index contributed by atoms with van der Waals surface area (Å²) in [7, 11) is 0. The van der Waals surface area contributed by atoms with E-state index in [-0.39, 0.29) is 17.1 Å². The monoisotopic (exact) mass is 290 g/mol. The van der Waals surface area contributed by atoms with Gasteiger partial charge >= 0.3 is 5.97 Å². The maximum absolute atomic E-state index is 11.7. The number of carbonyl (C=O) groups excluding carboxylic acids is 2. The first-order valence-corrected chi connectivity index (χ1v) is 7.74. The molecular weight excluding hydrogens is 264 g/mol. The molecule has 0 saturated carbocycles. The van der Waals surface area contributed by atoms with Gasteiger partial charge in [0, 0.05) is 6.54 Å². The molecule has 19 heavy (non-hydrogen) atoms. The Bertz CT molecular complexity index is 285. The summed E-state index contributed by atoms with van der Waals surface area (Å²) in [5.41, 5.74) is 5.68. The van der Waals surface area contributed by atoms with Gasteiger partial charge in [-0.25, -0.2) is 0 Å². The van der Waals surface area contributed by atoms with Crippen LogP contribution in [-0.4, -0.2) is 42.1 Å². The fraction of sp³-hybridized carbons (Fsp3) is 0.846. The molecule has 0 spiro atoms. The molecule has 0 bridgehead atoms. The van der Waals surface area contributed by atoms with E-state index in [0.29, 0.717) is 31.2 Å². The van der Waals surface area contributed by atoms with Crippen LogP contribution in [-0.2, 0) is 14.3 Å². The second-order valence-corrected chi connectivity index (χ2v) is 6.25. The van der Waals surface area contributed by atoms with Gasteiger partial charge in [0.25, 0.3) is 0 Å². The molecule has 0 aromatic carbocycles. The third-order valence-electron chi connectivity index (χ3n) is 2.44. The third-order valence-corrected chi connectivity index (χ3v) is 3.63. The van der Waals surface area contributed by atoms with E-state index in [0.717, 1.165) is 0 Å². The number of hydrogen-bond acceptors (Lipinski definition) is 5. The standard InChI is InChI=1S/C13H26N2O3S/c1-5-18-13(17)11(14)6-7-19-10(4)12(16)15-8-9(2)3/h9-11H,5-8,14H2,1-4H3,(H,15,16). The average Bonchev–Trinajstić information content (AvgIpc) is 2.35. The number of esters is 1. The molecule has 0 aromatic heterocycles. The smallest absolute Gasteiger partial charge is 0.322 e. The van der Waals surface area contributed by atoms with Crippen LogP contribution in [0.3, 0.4) is 0 Å². The molecule has 0 aliphatic carbocycles. The van der Waals surface area contributed by atoms with Gasteiger partial charge in [-0.1, -0.05) is 13.8 Å². The number of nitrogens with one attached hydrogen (secondary N) is 1. The zero-order valence-corrected chi connectivity index (χ0v) is 13.1. The van der Waals surface area contributed by atoms with E-state index in [1.54, 1.807) is 6.92 Å². The van der Waals surface area contributed by atoms with Crippen molar-refractivity contribution in [1.82, 2.24) is 5.32 Å². The van der Waals surface area contributed by atoms with E-state index >= 15 is 0 Å². The van der Waals surface area contributed by atoms with Crippen molar-refractivity contribution in [1.29, 1.82) is 0 Å². The first-order chi connectivity index (χ1) is 8.88. The van der Waals surface area contributed by atoms with E-state index in [9.17, 15) is 9.59 Å². The van der Waals surface area contributed by atoms with Crippen LogP contribution in [0.1, 0.15) is 34.1 Å². The van der Waals surface area contributed by atoms with E-state index in [4.69, 9.17) is 10.5 Å². The Labute approximate surface area is 120 Å². The molecule has 2 atom stereocenters. The molecular formula is C13H26N2O3S. The molecule has 0 fully saturated rings. The zero-order chi connectivity index (χ0) is 14.8. The Morgan fingerprint density at radius 3 is 2.47 bits per heavy atom. The number of amides is 1. The second-order valence-electron chi connectivity index (χ2n) is 4.80. The fourth-order valence-corrected chi connectivity index (χ4v) is 2.24. The summed E-state index contributed by atoms with van der Waals surface area (Å²) >= 11 is 1.50. The van der Waals surface area contributed by atoms with Gasteiger partial charge in [-0.05, 0) is 31.9 Å². The predicted octanol–water partition coefficient (Wildman–Crippen LogP) is 1.16. The number of nitrogens with two attached hydrogens (primary N) is 1. The summed E-state index contributed by atoms with van der Waals surface area (Å²) in [5, 5.41) is 2.75. The Kier molecular flexibility index (Phi) is 9.69. The molecule has 2 unspecified atom stereocenters. The van der Waals surface area contributed by atoms with Crippen molar-refractivity contribution < 1.29 is 14.3 Å². The molecule has 0 saturated heterocycles. The third kappa shape index (κ3) is 8.88. The van der Waals surface area contributed by atoms with E-state index < -0.39 is 6.04 Å². The highest BCUT2D eigenvalue weighted by molar-refractivity contribution is 8.00. The van der Waals surface area contributed by atoms with Gasteiger partial charge in [-0.2, -0.15) is 0 Å². The predicted molar refractivity (Wildman–Crippen MR) is 79.0 cm³/mol. The minimum absolute atomic E-state index is 0.0309. The lowest BCUT2D eigenvalue weighted by molar-refractivity contribution is -0.144. The van der Waals surface area contributed by atoms with Crippen molar-refractivity contribution in [2.24, 2.45) is 11.7 Å². The van der Waals surface area contributed by atoms with Crippen LogP contribution in [0.25, 0.3) is 0 Å². The molecule has 0 aliphatic heterocycles. The van der Waals surface area contributed by atoms with Gasteiger partial charge in [0.15, 0.2) is 0 Å². The maximum Gasteiger partial charge on any atom is 0.322 e. The molecule has 0 radical (unpaired) electrons. The van der Waals surface area contributed by atoms with Crippen molar-refractivity contribution in [3.8, 4) is 0 Å². The first-order valence-electron chi connectivity index (χ1n) is 6.70. The van der Waals surface area contributed by atoms with Gasteiger partial charge in [0.05, 0.1) is 11.9 Å².